The Labute approximate surface area is 135 Å². The van der Waals surface area contributed by atoms with E-state index < -0.39 is 0 Å². The van der Waals surface area contributed by atoms with Gasteiger partial charge < -0.3 is 9.47 Å². The Bertz CT molecular complexity index is 581. The van der Waals surface area contributed by atoms with Crippen molar-refractivity contribution in [1.82, 2.24) is 0 Å². The summed E-state index contributed by atoms with van der Waals surface area (Å²) in [7, 11) is 1.74. The number of unbranched alkanes of at least 4 members (excludes halogenated alkanes) is 2. The largest absolute Gasteiger partial charge is 0.496 e. The van der Waals surface area contributed by atoms with E-state index in [2.05, 4.69) is 41.1 Å². The van der Waals surface area contributed by atoms with Crippen molar-refractivity contribution in [3.05, 3.63) is 35.9 Å². The van der Waals surface area contributed by atoms with Crippen molar-refractivity contribution in [2.75, 3.05) is 19.0 Å². The minimum absolute atomic E-state index is 0.770. The highest BCUT2D eigenvalue weighted by Gasteiger charge is 2.12. The van der Waals surface area contributed by atoms with Crippen molar-refractivity contribution >= 4 is 26.7 Å². The molecule has 0 aliphatic rings. The Balaban J connectivity index is 2.26. The minimum Gasteiger partial charge on any atom is -0.496 e. The second-order valence-corrected chi connectivity index (χ2v) is 5.86. The number of rotatable bonds is 8. The molecule has 0 heterocycles. The van der Waals surface area contributed by atoms with Crippen molar-refractivity contribution in [2.45, 2.75) is 32.6 Å². The summed E-state index contributed by atoms with van der Waals surface area (Å²) in [4.78, 5) is 0. The van der Waals surface area contributed by atoms with E-state index in [9.17, 15) is 0 Å². The van der Waals surface area contributed by atoms with E-state index in [4.69, 9.17) is 9.47 Å². The third-order valence-electron chi connectivity index (χ3n) is 3.65. The van der Waals surface area contributed by atoms with Crippen LogP contribution in [0.25, 0.3) is 10.8 Å². The molecule has 0 N–H and O–H groups in total. The van der Waals surface area contributed by atoms with E-state index in [1.807, 2.05) is 12.1 Å². The molecule has 0 saturated carbocycles. The average Bonchev–Trinajstić information content (AvgIpc) is 2.53. The molecule has 0 aromatic heterocycles. The van der Waals surface area contributed by atoms with Gasteiger partial charge in [-0.3, -0.25) is 0 Å². The molecule has 0 aliphatic carbocycles. The molecular weight excluding hydrogens is 328 g/mol. The van der Waals surface area contributed by atoms with Gasteiger partial charge in [-0.25, -0.2) is 0 Å². The van der Waals surface area contributed by atoms with E-state index in [1.165, 1.54) is 18.4 Å². The molecule has 3 heteroatoms. The lowest BCUT2D eigenvalue weighted by Gasteiger charge is -2.15. The van der Waals surface area contributed by atoms with Gasteiger partial charge in [-0.05, 0) is 37.3 Å². The standard InChI is InChI=1S/C18H23BrO2/c1-3-14-13-17(21-12-8-4-7-11-19)15-9-5-6-10-16(15)18(14)20-2/h5-6,9-10,13H,3-4,7-8,11-12H2,1-2H3. The van der Waals surface area contributed by atoms with Crippen LogP contribution in [-0.2, 0) is 6.42 Å². The molecule has 2 aromatic rings. The van der Waals surface area contributed by atoms with Crippen molar-refractivity contribution in [1.29, 1.82) is 0 Å². The zero-order chi connectivity index (χ0) is 15.1. The highest BCUT2D eigenvalue weighted by Crippen LogP contribution is 2.37. The van der Waals surface area contributed by atoms with Crippen molar-refractivity contribution in [3.8, 4) is 11.5 Å². The highest BCUT2D eigenvalue weighted by atomic mass is 79.9. The Kier molecular flexibility index (Phi) is 6.37. The van der Waals surface area contributed by atoms with E-state index in [0.717, 1.165) is 47.1 Å². The second-order valence-electron chi connectivity index (χ2n) is 5.06. The number of halogens is 1. The average molecular weight is 351 g/mol. The van der Waals surface area contributed by atoms with Crippen LogP contribution < -0.4 is 9.47 Å². The fourth-order valence-electron chi connectivity index (χ4n) is 2.55. The summed E-state index contributed by atoms with van der Waals surface area (Å²) >= 11 is 3.46. The molecule has 0 spiro atoms. The molecule has 0 fully saturated rings. The van der Waals surface area contributed by atoms with Crippen LogP contribution in [0.4, 0.5) is 0 Å². The molecule has 2 aromatic carbocycles. The molecule has 0 saturated heterocycles. The first-order chi connectivity index (χ1) is 10.3. The maximum absolute atomic E-state index is 6.04. The van der Waals surface area contributed by atoms with Gasteiger partial charge in [0.2, 0.25) is 0 Å². The van der Waals surface area contributed by atoms with E-state index in [0.29, 0.717) is 0 Å². The Hall–Kier alpha value is -1.22. The summed E-state index contributed by atoms with van der Waals surface area (Å²) in [5, 5.41) is 3.33. The van der Waals surface area contributed by atoms with Gasteiger partial charge in [-0.15, -0.1) is 0 Å². The number of ether oxygens (including phenoxy) is 2. The number of benzene rings is 2. The summed E-state index contributed by atoms with van der Waals surface area (Å²) in [6.45, 7) is 2.92. The predicted molar refractivity (Wildman–Crippen MR) is 93.0 cm³/mol. The first-order valence-electron chi connectivity index (χ1n) is 7.59. The molecule has 2 rings (SSSR count). The second kappa shape index (κ2) is 8.28. The SMILES string of the molecule is CCc1cc(OCCCCCBr)c2ccccc2c1OC. The van der Waals surface area contributed by atoms with Crippen LogP contribution in [0, 0.1) is 0 Å². The van der Waals surface area contributed by atoms with Crippen LogP contribution in [-0.4, -0.2) is 19.0 Å². The van der Waals surface area contributed by atoms with Crippen molar-refractivity contribution < 1.29 is 9.47 Å². The smallest absolute Gasteiger partial charge is 0.130 e. The summed E-state index contributed by atoms with van der Waals surface area (Å²) in [5.74, 6) is 1.95. The van der Waals surface area contributed by atoms with Crippen LogP contribution in [0.3, 0.4) is 0 Å². The molecular formula is C18H23BrO2. The molecule has 0 amide bonds. The highest BCUT2D eigenvalue weighted by molar-refractivity contribution is 9.09. The Morgan fingerprint density at radius 3 is 2.48 bits per heavy atom. The predicted octanol–water partition coefficient (Wildman–Crippen LogP) is 5.35. The number of fused-ring (bicyclic) bond motifs is 1. The van der Waals surface area contributed by atoms with E-state index in [-0.39, 0.29) is 0 Å². The van der Waals surface area contributed by atoms with Crippen LogP contribution >= 0.6 is 15.9 Å². The molecule has 2 nitrogen and oxygen atoms in total. The van der Waals surface area contributed by atoms with Gasteiger partial charge in [-0.2, -0.15) is 0 Å². The number of aryl methyl sites for hydroxylation is 1. The fourth-order valence-corrected chi connectivity index (χ4v) is 2.95. The van der Waals surface area contributed by atoms with Crippen LogP contribution in [0.15, 0.2) is 30.3 Å². The molecule has 0 bridgehead atoms. The monoisotopic (exact) mass is 350 g/mol. The zero-order valence-electron chi connectivity index (χ0n) is 12.8. The third-order valence-corrected chi connectivity index (χ3v) is 4.22. The zero-order valence-corrected chi connectivity index (χ0v) is 14.4. The topological polar surface area (TPSA) is 18.5 Å². The quantitative estimate of drug-likeness (QED) is 0.471. The molecule has 114 valence electrons. The van der Waals surface area contributed by atoms with Gasteiger partial charge in [-0.1, -0.05) is 47.1 Å². The van der Waals surface area contributed by atoms with Gasteiger partial charge >= 0.3 is 0 Å². The van der Waals surface area contributed by atoms with E-state index >= 15 is 0 Å². The van der Waals surface area contributed by atoms with Crippen molar-refractivity contribution in [3.63, 3.8) is 0 Å². The maximum Gasteiger partial charge on any atom is 0.130 e. The number of hydrogen-bond donors (Lipinski definition) is 0. The Morgan fingerprint density at radius 1 is 1.05 bits per heavy atom. The number of hydrogen-bond acceptors (Lipinski definition) is 2. The first kappa shape index (κ1) is 16.2. The summed E-state index contributed by atoms with van der Waals surface area (Å²) < 4.78 is 11.6. The minimum atomic E-state index is 0.770. The van der Waals surface area contributed by atoms with Crippen LogP contribution in [0.1, 0.15) is 31.7 Å². The Morgan fingerprint density at radius 2 is 1.81 bits per heavy atom. The first-order valence-corrected chi connectivity index (χ1v) is 8.71. The molecule has 0 unspecified atom stereocenters. The molecule has 0 radical (unpaired) electrons. The number of alkyl halides is 1. The summed E-state index contributed by atoms with van der Waals surface area (Å²) in [6, 6.07) is 10.4. The maximum atomic E-state index is 6.04. The summed E-state index contributed by atoms with van der Waals surface area (Å²) in [5.41, 5.74) is 1.20. The lowest BCUT2D eigenvalue weighted by molar-refractivity contribution is 0.309. The van der Waals surface area contributed by atoms with Crippen LogP contribution in [0.5, 0.6) is 11.5 Å². The van der Waals surface area contributed by atoms with Crippen molar-refractivity contribution in [2.24, 2.45) is 0 Å². The summed E-state index contributed by atoms with van der Waals surface area (Å²) in [6.07, 6.45) is 4.42. The molecule has 0 aliphatic heterocycles. The lowest BCUT2D eigenvalue weighted by atomic mass is 10.0. The normalized spacial score (nSPS) is 10.8. The molecule has 21 heavy (non-hydrogen) atoms. The van der Waals surface area contributed by atoms with Crippen LogP contribution in [0.2, 0.25) is 0 Å². The van der Waals surface area contributed by atoms with Gasteiger partial charge in [0.15, 0.2) is 0 Å². The van der Waals surface area contributed by atoms with E-state index in [1.54, 1.807) is 7.11 Å². The van der Waals surface area contributed by atoms with Gasteiger partial charge in [0.1, 0.15) is 11.5 Å². The molecule has 0 atom stereocenters. The lowest BCUT2D eigenvalue weighted by Crippen LogP contribution is -2.00. The van der Waals surface area contributed by atoms with Gasteiger partial charge in [0.25, 0.3) is 0 Å². The van der Waals surface area contributed by atoms with Gasteiger partial charge in [0.05, 0.1) is 13.7 Å². The fraction of sp³-hybridized carbons (Fsp3) is 0.444. The third kappa shape index (κ3) is 3.91. The van der Waals surface area contributed by atoms with Gasteiger partial charge in [0, 0.05) is 16.1 Å². The number of methoxy groups -OCH3 is 1.